The fourth-order valence-electron chi connectivity index (χ4n) is 4.07. The van der Waals surface area contributed by atoms with Crippen molar-refractivity contribution in [3.8, 4) is 0 Å². The second-order valence-electron chi connectivity index (χ2n) is 9.98. The Balaban J connectivity index is 2.26. The van der Waals surface area contributed by atoms with Gasteiger partial charge in [0.15, 0.2) is 0 Å². The van der Waals surface area contributed by atoms with Gasteiger partial charge in [-0.25, -0.2) is 0 Å². The van der Waals surface area contributed by atoms with E-state index in [0.717, 1.165) is 6.42 Å². The lowest BCUT2D eigenvalue weighted by Gasteiger charge is -2.53. The average molecular weight is 294 g/mol. The van der Waals surface area contributed by atoms with Gasteiger partial charge in [-0.1, -0.05) is 41.5 Å². The van der Waals surface area contributed by atoms with Gasteiger partial charge in [-0.2, -0.15) is 0 Å². The molecular formula is C19H34O2. The number of fused-ring (bicyclic) bond motifs is 1. The molecule has 2 heteroatoms. The van der Waals surface area contributed by atoms with Crippen LogP contribution in [0.25, 0.3) is 0 Å². The number of hydrogen-bond acceptors (Lipinski definition) is 2. The number of rotatable bonds is 2. The highest BCUT2D eigenvalue weighted by atomic mass is 16.6. The van der Waals surface area contributed by atoms with E-state index in [4.69, 9.17) is 4.74 Å². The first-order valence-corrected chi connectivity index (χ1v) is 8.42. The molecule has 3 atom stereocenters. The van der Waals surface area contributed by atoms with Crippen LogP contribution in [0.1, 0.15) is 81.6 Å². The lowest BCUT2D eigenvalue weighted by Crippen LogP contribution is -2.52. The number of carbonyl (C=O) groups excluding carboxylic acids is 1. The predicted octanol–water partition coefficient (Wildman–Crippen LogP) is 5.21. The van der Waals surface area contributed by atoms with E-state index in [1.165, 1.54) is 12.8 Å². The maximum atomic E-state index is 12.9. The minimum atomic E-state index is -0.478. The first-order valence-electron chi connectivity index (χ1n) is 8.42. The molecule has 0 aromatic rings. The van der Waals surface area contributed by atoms with E-state index in [9.17, 15) is 4.79 Å². The van der Waals surface area contributed by atoms with Gasteiger partial charge in [0.05, 0.1) is 5.41 Å². The van der Waals surface area contributed by atoms with Crippen molar-refractivity contribution in [2.24, 2.45) is 27.6 Å². The maximum absolute atomic E-state index is 12.9. The van der Waals surface area contributed by atoms with Crippen LogP contribution in [0.5, 0.6) is 0 Å². The standard InChI is InChI=1S/C19H34O2/c1-15(2,3)16(4,5)14(20)21-19(9)12-13-10-11-18(13,8)17(19,6)7/h13H,10-12H2,1-9H3. The summed E-state index contributed by atoms with van der Waals surface area (Å²) >= 11 is 0. The number of ether oxygens (including phenoxy) is 1. The molecule has 0 radical (unpaired) electrons. The molecule has 2 fully saturated rings. The monoisotopic (exact) mass is 294 g/mol. The molecule has 2 aliphatic carbocycles. The maximum Gasteiger partial charge on any atom is 0.312 e. The predicted molar refractivity (Wildman–Crippen MR) is 87.0 cm³/mol. The largest absolute Gasteiger partial charge is 0.458 e. The molecule has 122 valence electrons. The molecule has 0 N–H and O–H groups in total. The molecule has 2 aliphatic rings. The SMILES string of the molecule is CC(C)(C)C(C)(C)C(=O)OC1(C)CC2CCC2(C)C1(C)C. The molecule has 2 nitrogen and oxygen atoms in total. The van der Waals surface area contributed by atoms with Gasteiger partial charge in [0, 0.05) is 5.41 Å². The fourth-order valence-corrected chi connectivity index (χ4v) is 4.07. The van der Waals surface area contributed by atoms with E-state index < -0.39 is 5.41 Å². The summed E-state index contributed by atoms with van der Waals surface area (Å²) in [7, 11) is 0. The second-order valence-corrected chi connectivity index (χ2v) is 9.98. The third-order valence-electron chi connectivity index (χ3n) is 8.00. The molecule has 0 spiro atoms. The number of carbonyl (C=O) groups is 1. The van der Waals surface area contributed by atoms with Crippen molar-refractivity contribution < 1.29 is 9.53 Å². The normalized spacial score (nSPS) is 38.6. The molecule has 0 aromatic carbocycles. The van der Waals surface area contributed by atoms with Crippen LogP contribution in [-0.4, -0.2) is 11.6 Å². The first-order chi connectivity index (χ1) is 9.19. The quantitative estimate of drug-likeness (QED) is 0.654. The zero-order chi connectivity index (χ0) is 16.5. The highest BCUT2D eigenvalue weighted by molar-refractivity contribution is 5.77. The molecule has 0 aromatic heterocycles. The van der Waals surface area contributed by atoms with Crippen LogP contribution in [0.15, 0.2) is 0 Å². The first kappa shape index (κ1) is 16.8. The highest BCUT2D eigenvalue weighted by Gasteiger charge is 2.68. The van der Waals surface area contributed by atoms with E-state index in [1.54, 1.807) is 0 Å². The van der Waals surface area contributed by atoms with Crippen molar-refractivity contribution in [2.75, 3.05) is 0 Å². The third-order valence-corrected chi connectivity index (χ3v) is 8.00. The van der Waals surface area contributed by atoms with Gasteiger partial charge in [-0.05, 0) is 56.8 Å². The zero-order valence-electron chi connectivity index (χ0n) is 15.5. The van der Waals surface area contributed by atoms with Gasteiger partial charge < -0.3 is 4.74 Å². The Morgan fingerprint density at radius 1 is 1.05 bits per heavy atom. The molecule has 2 saturated carbocycles. The fraction of sp³-hybridized carbons (Fsp3) is 0.947. The van der Waals surface area contributed by atoms with E-state index in [-0.39, 0.29) is 22.4 Å². The van der Waals surface area contributed by atoms with Crippen molar-refractivity contribution >= 4 is 5.97 Å². The average Bonchev–Trinajstić information content (AvgIpc) is 2.39. The Hall–Kier alpha value is -0.530. The third kappa shape index (κ3) is 2.00. The van der Waals surface area contributed by atoms with E-state index >= 15 is 0 Å². The molecule has 0 heterocycles. The summed E-state index contributed by atoms with van der Waals surface area (Å²) < 4.78 is 6.21. The van der Waals surface area contributed by atoms with Crippen molar-refractivity contribution in [2.45, 2.75) is 87.2 Å². The van der Waals surface area contributed by atoms with Gasteiger partial charge in [0.2, 0.25) is 0 Å². The van der Waals surface area contributed by atoms with Gasteiger partial charge in [-0.3, -0.25) is 4.79 Å². The van der Waals surface area contributed by atoms with Gasteiger partial charge >= 0.3 is 5.97 Å². The van der Waals surface area contributed by atoms with Crippen LogP contribution >= 0.6 is 0 Å². The lowest BCUT2D eigenvalue weighted by molar-refractivity contribution is -0.190. The van der Waals surface area contributed by atoms with E-state index in [2.05, 4.69) is 48.5 Å². The molecule has 21 heavy (non-hydrogen) atoms. The summed E-state index contributed by atoms with van der Waals surface area (Å²) in [6.07, 6.45) is 3.57. The van der Waals surface area contributed by atoms with Crippen molar-refractivity contribution in [3.05, 3.63) is 0 Å². The molecule has 0 saturated heterocycles. The lowest BCUT2D eigenvalue weighted by atomic mass is 9.53. The van der Waals surface area contributed by atoms with E-state index in [1.807, 2.05) is 13.8 Å². The Bertz CT molecular complexity index is 455. The minimum absolute atomic E-state index is 0.0343. The Morgan fingerprint density at radius 3 is 1.86 bits per heavy atom. The summed E-state index contributed by atoms with van der Waals surface area (Å²) in [5.41, 5.74) is -0.566. The zero-order valence-corrected chi connectivity index (χ0v) is 15.5. The summed E-state index contributed by atoms with van der Waals surface area (Å²) in [5.74, 6) is 0.665. The molecule has 0 amide bonds. The molecule has 0 aliphatic heterocycles. The minimum Gasteiger partial charge on any atom is -0.458 e. The topological polar surface area (TPSA) is 26.3 Å². The Kier molecular flexibility index (Phi) is 3.42. The number of esters is 1. The van der Waals surface area contributed by atoms with Crippen molar-refractivity contribution in [1.82, 2.24) is 0 Å². The van der Waals surface area contributed by atoms with Crippen LogP contribution in [0.3, 0.4) is 0 Å². The summed E-state index contributed by atoms with van der Waals surface area (Å²) in [4.78, 5) is 12.9. The summed E-state index contributed by atoms with van der Waals surface area (Å²) in [6, 6.07) is 0. The summed E-state index contributed by atoms with van der Waals surface area (Å²) in [6.45, 7) is 19.5. The smallest absolute Gasteiger partial charge is 0.312 e. The van der Waals surface area contributed by atoms with Crippen LogP contribution in [-0.2, 0) is 9.53 Å². The summed E-state index contributed by atoms with van der Waals surface area (Å²) in [5, 5.41) is 0. The van der Waals surface area contributed by atoms with Gasteiger partial charge in [0.1, 0.15) is 5.60 Å². The van der Waals surface area contributed by atoms with Gasteiger partial charge in [-0.15, -0.1) is 0 Å². The van der Waals surface area contributed by atoms with Crippen molar-refractivity contribution in [3.63, 3.8) is 0 Å². The van der Waals surface area contributed by atoms with Crippen LogP contribution in [0.4, 0.5) is 0 Å². The molecule has 2 rings (SSSR count). The second kappa shape index (κ2) is 4.26. The van der Waals surface area contributed by atoms with Crippen LogP contribution in [0.2, 0.25) is 0 Å². The number of hydrogen-bond donors (Lipinski definition) is 0. The Labute approximate surface area is 131 Å². The Morgan fingerprint density at radius 2 is 1.57 bits per heavy atom. The highest BCUT2D eigenvalue weighted by Crippen LogP contribution is 2.70. The molecule has 0 bridgehead atoms. The van der Waals surface area contributed by atoms with E-state index in [0.29, 0.717) is 11.3 Å². The van der Waals surface area contributed by atoms with Gasteiger partial charge in [0.25, 0.3) is 0 Å². The molecular weight excluding hydrogens is 260 g/mol. The van der Waals surface area contributed by atoms with Crippen LogP contribution in [0, 0.1) is 27.6 Å². The van der Waals surface area contributed by atoms with Crippen LogP contribution < -0.4 is 0 Å². The molecule has 3 unspecified atom stereocenters. The van der Waals surface area contributed by atoms with Crippen molar-refractivity contribution in [1.29, 1.82) is 0 Å².